The normalized spacial score (nSPS) is 15.0. The van der Waals surface area contributed by atoms with Gasteiger partial charge in [-0.3, -0.25) is 0 Å². The Morgan fingerprint density at radius 3 is 2.50 bits per heavy atom. The molecule has 5 heteroatoms. The highest BCUT2D eigenvalue weighted by Crippen LogP contribution is 2.13. The van der Waals surface area contributed by atoms with Gasteiger partial charge in [-0.1, -0.05) is 18.2 Å². The minimum absolute atomic E-state index is 0.266. The molecule has 1 aromatic carbocycles. The van der Waals surface area contributed by atoms with Gasteiger partial charge >= 0.3 is 0 Å². The summed E-state index contributed by atoms with van der Waals surface area (Å²) in [6.45, 7) is 12.0. The average molecular weight is 348 g/mol. The third kappa shape index (κ3) is 6.99. The first-order chi connectivity index (χ1) is 11.6. The number of benzene rings is 1. The SMILES string of the molecule is CC(C)Oc1ccccc1.Cc1ncsc1CCN1CCNCC1. The average Bonchev–Trinajstić information content (AvgIpc) is 3.00. The number of nitrogens with zero attached hydrogens (tertiary/aromatic N) is 2. The van der Waals surface area contributed by atoms with E-state index in [1.165, 1.54) is 30.2 Å². The lowest BCUT2D eigenvalue weighted by atomic mass is 10.2. The number of aryl methyl sites for hydroxylation is 1. The zero-order valence-corrected chi connectivity index (χ0v) is 15.8. The topological polar surface area (TPSA) is 37.4 Å². The maximum absolute atomic E-state index is 5.41. The predicted octanol–water partition coefficient (Wildman–Crippen LogP) is 3.37. The third-order valence-electron chi connectivity index (χ3n) is 3.82. The molecule has 0 spiro atoms. The highest BCUT2D eigenvalue weighted by atomic mass is 32.1. The van der Waals surface area contributed by atoms with Gasteiger partial charge in [-0.25, -0.2) is 4.98 Å². The molecule has 3 rings (SSSR count). The van der Waals surface area contributed by atoms with Gasteiger partial charge in [0, 0.05) is 37.6 Å². The van der Waals surface area contributed by atoms with Crippen molar-refractivity contribution in [1.82, 2.24) is 15.2 Å². The summed E-state index contributed by atoms with van der Waals surface area (Å²) in [5.74, 6) is 0.942. The number of para-hydroxylation sites is 1. The van der Waals surface area contributed by atoms with Gasteiger partial charge in [0.1, 0.15) is 5.75 Å². The summed E-state index contributed by atoms with van der Waals surface area (Å²) < 4.78 is 5.41. The van der Waals surface area contributed by atoms with Crippen LogP contribution < -0.4 is 10.1 Å². The van der Waals surface area contributed by atoms with Crippen LogP contribution in [0.1, 0.15) is 24.4 Å². The molecule has 1 aromatic heterocycles. The molecule has 1 fully saturated rings. The molecule has 2 heterocycles. The first kappa shape index (κ1) is 18.9. The molecule has 24 heavy (non-hydrogen) atoms. The second kappa shape index (κ2) is 10.4. The molecule has 0 aliphatic carbocycles. The van der Waals surface area contributed by atoms with Gasteiger partial charge in [-0.05, 0) is 39.3 Å². The molecule has 1 N–H and O–H groups in total. The number of ether oxygens (including phenoxy) is 1. The number of piperazine rings is 1. The lowest BCUT2D eigenvalue weighted by Crippen LogP contribution is -2.44. The van der Waals surface area contributed by atoms with E-state index in [1.54, 1.807) is 11.3 Å². The summed E-state index contributed by atoms with van der Waals surface area (Å²) in [7, 11) is 0. The number of thiazole rings is 1. The maximum atomic E-state index is 5.41. The molecule has 0 bridgehead atoms. The molecule has 0 saturated carbocycles. The zero-order chi connectivity index (χ0) is 17.2. The minimum Gasteiger partial charge on any atom is -0.491 e. The Balaban J connectivity index is 0.000000185. The Bertz CT molecular complexity index is 565. The number of aromatic nitrogens is 1. The maximum Gasteiger partial charge on any atom is 0.119 e. The van der Waals surface area contributed by atoms with Crippen LogP contribution in [0.15, 0.2) is 35.8 Å². The highest BCUT2D eigenvalue weighted by molar-refractivity contribution is 7.09. The summed E-state index contributed by atoms with van der Waals surface area (Å²) in [4.78, 5) is 8.24. The number of hydrogen-bond donors (Lipinski definition) is 1. The van der Waals surface area contributed by atoms with Crippen LogP contribution in [0, 0.1) is 6.92 Å². The minimum atomic E-state index is 0.266. The van der Waals surface area contributed by atoms with Gasteiger partial charge in [-0.15, -0.1) is 11.3 Å². The van der Waals surface area contributed by atoms with Crippen molar-refractivity contribution < 1.29 is 4.74 Å². The van der Waals surface area contributed by atoms with Crippen molar-refractivity contribution in [3.63, 3.8) is 0 Å². The van der Waals surface area contributed by atoms with Crippen LogP contribution in [0.5, 0.6) is 5.75 Å². The molecule has 2 aromatic rings. The third-order valence-corrected chi connectivity index (χ3v) is 4.82. The van der Waals surface area contributed by atoms with Crippen LogP contribution in [-0.2, 0) is 6.42 Å². The largest absolute Gasteiger partial charge is 0.491 e. The van der Waals surface area contributed by atoms with E-state index in [0.717, 1.165) is 25.3 Å². The second-order valence-corrected chi connectivity index (χ2v) is 7.12. The Kier molecular flexibility index (Phi) is 8.22. The van der Waals surface area contributed by atoms with Crippen molar-refractivity contribution in [3.8, 4) is 5.75 Å². The summed E-state index contributed by atoms with van der Waals surface area (Å²) in [5.41, 5.74) is 3.16. The molecule has 1 aliphatic heterocycles. The fourth-order valence-electron chi connectivity index (χ4n) is 2.53. The van der Waals surface area contributed by atoms with Crippen molar-refractivity contribution in [2.75, 3.05) is 32.7 Å². The smallest absolute Gasteiger partial charge is 0.119 e. The van der Waals surface area contributed by atoms with Crippen LogP contribution in [0.2, 0.25) is 0 Å². The van der Waals surface area contributed by atoms with Crippen molar-refractivity contribution in [3.05, 3.63) is 46.4 Å². The van der Waals surface area contributed by atoms with Gasteiger partial charge < -0.3 is 15.0 Å². The lowest BCUT2D eigenvalue weighted by molar-refractivity contribution is 0.242. The fraction of sp³-hybridized carbons (Fsp3) is 0.526. The summed E-state index contributed by atoms with van der Waals surface area (Å²) in [6.07, 6.45) is 1.43. The second-order valence-electron chi connectivity index (χ2n) is 6.18. The molecule has 1 aliphatic rings. The summed E-state index contributed by atoms with van der Waals surface area (Å²) >= 11 is 1.78. The highest BCUT2D eigenvalue weighted by Gasteiger charge is 2.10. The molecule has 0 radical (unpaired) electrons. The van der Waals surface area contributed by atoms with E-state index in [2.05, 4.69) is 22.1 Å². The molecule has 132 valence electrons. The Morgan fingerprint density at radius 1 is 1.21 bits per heavy atom. The standard InChI is InChI=1S/C10H17N3S.C9H12O/c1-9-10(14-8-12-9)2-5-13-6-3-11-4-7-13;1-8(2)10-9-6-4-3-5-7-9/h8,11H,2-7H2,1H3;3-8H,1-2H3. The van der Waals surface area contributed by atoms with E-state index in [0.29, 0.717) is 0 Å². The van der Waals surface area contributed by atoms with Gasteiger partial charge in [0.2, 0.25) is 0 Å². The van der Waals surface area contributed by atoms with Crippen molar-refractivity contribution in [2.24, 2.45) is 0 Å². The fourth-order valence-corrected chi connectivity index (χ4v) is 3.30. The molecule has 0 unspecified atom stereocenters. The van der Waals surface area contributed by atoms with Gasteiger partial charge in [0.05, 0.1) is 17.3 Å². The molecule has 4 nitrogen and oxygen atoms in total. The van der Waals surface area contributed by atoms with Crippen LogP contribution in [-0.4, -0.2) is 48.7 Å². The first-order valence-electron chi connectivity index (χ1n) is 8.69. The zero-order valence-electron chi connectivity index (χ0n) is 15.0. The van der Waals surface area contributed by atoms with E-state index >= 15 is 0 Å². The van der Waals surface area contributed by atoms with E-state index in [1.807, 2.05) is 49.7 Å². The van der Waals surface area contributed by atoms with Crippen molar-refractivity contribution in [1.29, 1.82) is 0 Å². The molecule has 0 amide bonds. The van der Waals surface area contributed by atoms with Crippen molar-refractivity contribution >= 4 is 11.3 Å². The van der Waals surface area contributed by atoms with Crippen molar-refractivity contribution in [2.45, 2.75) is 33.3 Å². The Labute approximate surface area is 149 Å². The summed E-state index contributed by atoms with van der Waals surface area (Å²) in [5, 5.41) is 3.37. The van der Waals surface area contributed by atoms with Gasteiger partial charge in [-0.2, -0.15) is 0 Å². The molecular weight excluding hydrogens is 318 g/mol. The van der Waals surface area contributed by atoms with Crippen LogP contribution >= 0.6 is 11.3 Å². The lowest BCUT2D eigenvalue weighted by Gasteiger charge is -2.26. The monoisotopic (exact) mass is 347 g/mol. The van der Waals surface area contributed by atoms with Gasteiger partial charge in [0.25, 0.3) is 0 Å². The first-order valence-corrected chi connectivity index (χ1v) is 9.57. The predicted molar refractivity (Wildman–Crippen MR) is 102 cm³/mol. The Hall–Kier alpha value is -1.43. The quantitative estimate of drug-likeness (QED) is 0.900. The van der Waals surface area contributed by atoms with E-state index < -0.39 is 0 Å². The van der Waals surface area contributed by atoms with Crippen LogP contribution in [0.25, 0.3) is 0 Å². The number of nitrogens with one attached hydrogen (secondary N) is 1. The van der Waals surface area contributed by atoms with E-state index in [9.17, 15) is 0 Å². The van der Waals surface area contributed by atoms with E-state index in [4.69, 9.17) is 4.74 Å². The van der Waals surface area contributed by atoms with E-state index in [-0.39, 0.29) is 6.10 Å². The number of hydrogen-bond acceptors (Lipinski definition) is 5. The Morgan fingerprint density at radius 2 is 1.92 bits per heavy atom. The summed E-state index contributed by atoms with van der Waals surface area (Å²) in [6, 6.07) is 9.84. The molecular formula is C19H29N3OS. The molecule has 1 saturated heterocycles. The molecule has 0 atom stereocenters. The van der Waals surface area contributed by atoms with Crippen LogP contribution in [0.4, 0.5) is 0 Å². The van der Waals surface area contributed by atoms with Crippen LogP contribution in [0.3, 0.4) is 0 Å². The number of rotatable bonds is 5. The van der Waals surface area contributed by atoms with Gasteiger partial charge in [0.15, 0.2) is 0 Å².